The summed E-state index contributed by atoms with van der Waals surface area (Å²) >= 11 is 0. The van der Waals surface area contributed by atoms with Crippen LogP contribution in [0.5, 0.6) is 0 Å². The molecule has 4 aliphatic heterocycles. The number of anilines is 6. The van der Waals surface area contributed by atoms with Crippen LogP contribution in [0.3, 0.4) is 0 Å². The fourth-order valence-corrected chi connectivity index (χ4v) is 11.7. The molecule has 9 aromatic carbocycles. The highest BCUT2D eigenvalue weighted by atomic mass is 15.2. The quantitative estimate of drug-likeness (QED) is 0.163. The maximum atomic E-state index is 2.57. The Kier molecular flexibility index (Phi) is 8.36. The van der Waals surface area contributed by atoms with Gasteiger partial charge in [0.25, 0.3) is 0 Å². The molecule has 0 aromatic heterocycles. The molecule has 314 valence electrons. The fraction of sp³-hybridized carbons (Fsp3) is 0.129. The molecule has 66 heavy (non-hydrogen) atoms. The monoisotopic (exact) mass is 844 g/mol. The maximum Gasteiger partial charge on any atom is 0.248 e. The lowest BCUT2D eigenvalue weighted by Crippen LogP contribution is -2.58. The van der Waals surface area contributed by atoms with Crippen molar-refractivity contribution >= 4 is 80.3 Å². The van der Waals surface area contributed by atoms with Crippen LogP contribution in [-0.4, -0.2) is 13.4 Å². The van der Waals surface area contributed by atoms with Gasteiger partial charge in [0.1, 0.15) is 0 Å². The Morgan fingerprint density at radius 3 is 1.00 bits per heavy atom. The van der Waals surface area contributed by atoms with E-state index in [0.29, 0.717) is 0 Å². The Balaban J connectivity index is 1.01. The Labute approximate surface area is 390 Å². The Morgan fingerprint density at radius 1 is 0.303 bits per heavy atom. The first-order valence-electron chi connectivity index (χ1n) is 23.7. The topological polar surface area (TPSA) is 6.48 Å². The van der Waals surface area contributed by atoms with E-state index in [-0.39, 0.29) is 24.3 Å². The fourth-order valence-electron chi connectivity index (χ4n) is 11.7. The van der Waals surface area contributed by atoms with Crippen molar-refractivity contribution in [2.75, 3.05) is 9.80 Å². The Morgan fingerprint density at radius 2 is 0.636 bits per heavy atom. The molecular formula is C62H50B2N2. The molecule has 0 aliphatic carbocycles. The minimum Gasteiger partial charge on any atom is -0.312 e. The van der Waals surface area contributed by atoms with Crippen molar-refractivity contribution < 1.29 is 0 Å². The van der Waals surface area contributed by atoms with Gasteiger partial charge in [-0.3, -0.25) is 0 Å². The summed E-state index contributed by atoms with van der Waals surface area (Å²) in [5.41, 5.74) is 28.8. The smallest absolute Gasteiger partial charge is 0.248 e. The summed E-state index contributed by atoms with van der Waals surface area (Å²) in [4.78, 5) is 5.13. The van der Waals surface area contributed by atoms with Gasteiger partial charge in [0.2, 0.25) is 13.4 Å². The average Bonchev–Trinajstić information content (AvgIpc) is 3.86. The first-order valence-corrected chi connectivity index (χ1v) is 23.7. The minimum atomic E-state index is 0.105. The van der Waals surface area contributed by atoms with Gasteiger partial charge in [-0.2, -0.15) is 0 Å². The van der Waals surface area contributed by atoms with Crippen LogP contribution >= 0.6 is 0 Å². The van der Waals surface area contributed by atoms with E-state index in [1.54, 1.807) is 0 Å². The second kappa shape index (κ2) is 14.1. The molecule has 0 atom stereocenters. The van der Waals surface area contributed by atoms with E-state index in [1.807, 2.05) is 0 Å². The van der Waals surface area contributed by atoms with Gasteiger partial charge in [-0.15, -0.1) is 0 Å². The van der Waals surface area contributed by atoms with Crippen molar-refractivity contribution in [3.63, 3.8) is 0 Å². The molecule has 0 saturated heterocycles. The predicted molar refractivity (Wildman–Crippen MR) is 284 cm³/mol. The van der Waals surface area contributed by atoms with Crippen molar-refractivity contribution in [3.05, 3.63) is 205 Å². The number of rotatable bonds is 4. The lowest BCUT2D eigenvalue weighted by atomic mass is 9.34. The third kappa shape index (κ3) is 5.77. The SMILES string of the molecule is CC(C)(C)c1ccc(-c2ccc(N3c4cc5c(cc4B4c6ccccc6-c6cccc3c64)N(c3ccc(-c4ccc(C(C)(C)C)cc4)cc3)c3cccc4c3B5c3ccccc3-4)cc2)cc1. The van der Waals surface area contributed by atoms with Crippen molar-refractivity contribution in [1.82, 2.24) is 0 Å². The Bertz CT molecular complexity index is 3200. The highest BCUT2D eigenvalue weighted by Gasteiger charge is 2.47. The van der Waals surface area contributed by atoms with E-state index in [0.717, 1.165) is 0 Å². The van der Waals surface area contributed by atoms with Crippen LogP contribution in [0.4, 0.5) is 34.1 Å². The second-order valence-corrected chi connectivity index (χ2v) is 20.9. The lowest BCUT2D eigenvalue weighted by Gasteiger charge is -2.41. The number of hydrogen-bond donors (Lipinski definition) is 0. The third-order valence-electron chi connectivity index (χ3n) is 15.0. The summed E-state index contributed by atoms with van der Waals surface area (Å²) in [7, 11) is 0. The normalized spacial score (nSPS) is 13.8. The van der Waals surface area contributed by atoms with Gasteiger partial charge in [-0.05, 0) is 137 Å². The van der Waals surface area contributed by atoms with E-state index in [1.165, 1.54) is 123 Å². The van der Waals surface area contributed by atoms with Crippen LogP contribution < -0.4 is 42.6 Å². The second-order valence-electron chi connectivity index (χ2n) is 20.9. The number of hydrogen-bond acceptors (Lipinski definition) is 2. The molecule has 0 radical (unpaired) electrons. The molecule has 0 spiro atoms. The van der Waals surface area contributed by atoms with Crippen LogP contribution in [-0.2, 0) is 10.8 Å². The van der Waals surface area contributed by atoms with Gasteiger partial charge in [0, 0.05) is 34.1 Å². The zero-order valence-corrected chi connectivity index (χ0v) is 38.5. The van der Waals surface area contributed by atoms with Crippen molar-refractivity contribution in [1.29, 1.82) is 0 Å². The molecular weight excluding hydrogens is 794 g/mol. The van der Waals surface area contributed by atoms with Gasteiger partial charge < -0.3 is 9.80 Å². The third-order valence-corrected chi connectivity index (χ3v) is 15.0. The van der Waals surface area contributed by atoms with E-state index < -0.39 is 0 Å². The molecule has 0 unspecified atom stereocenters. The van der Waals surface area contributed by atoms with Gasteiger partial charge >= 0.3 is 0 Å². The van der Waals surface area contributed by atoms with Gasteiger partial charge in [-0.1, -0.05) is 198 Å². The lowest BCUT2D eigenvalue weighted by molar-refractivity contribution is 0.590. The molecule has 13 rings (SSSR count). The standard InChI is InChI=1S/C62H50B2N2/c1-61(2,3)43-29-21-39(22-30-43)41-25-33-45(34-26-41)65-55-19-11-15-49-47-13-7-9-17-51(47)63(59(49)55)53-38-58-54(37-57(53)65)64-52-18-10-8-14-48(52)50-16-12-20-56(60(50)64)66(58)46-35-27-42(28-36-46)40-23-31-44(32-24-40)62(4,5)6/h7-38H,1-6H3. The van der Waals surface area contributed by atoms with Crippen molar-refractivity contribution in [2.45, 2.75) is 52.4 Å². The molecule has 2 nitrogen and oxygen atoms in total. The average molecular weight is 845 g/mol. The highest BCUT2D eigenvalue weighted by Crippen LogP contribution is 2.46. The highest BCUT2D eigenvalue weighted by molar-refractivity contribution is 7.03. The maximum absolute atomic E-state index is 2.57. The number of fused-ring (bicyclic) bond motifs is 10. The molecule has 9 aromatic rings. The van der Waals surface area contributed by atoms with Crippen LogP contribution in [0.25, 0.3) is 44.5 Å². The summed E-state index contributed by atoms with van der Waals surface area (Å²) in [6.07, 6.45) is 0. The summed E-state index contributed by atoms with van der Waals surface area (Å²) in [5, 5.41) is 0. The van der Waals surface area contributed by atoms with Gasteiger partial charge in [0.15, 0.2) is 0 Å². The summed E-state index contributed by atoms with van der Waals surface area (Å²) in [5.74, 6) is 0. The predicted octanol–water partition coefficient (Wildman–Crippen LogP) is 12.2. The molecule has 0 bridgehead atoms. The van der Waals surface area contributed by atoms with E-state index in [4.69, 9.17) is 0 Å². The van der Waals surface area contributed by atoms with Crippen molar-refractivity contribution in [2.24, 2.45) is 0 Å². The van der Waals surface area contributed by atoms with Crippen LogP contribution in [0.2, 0.25) is 0 Å². The zero-order valence-electron chi connectivity index (χ0n) is 38.5. The molecule has 0 saturated carbocycles. The molecule has 4 aliphatic rings. The number of nitrogens with zero attached hydrogens (tertiary/aromatic N) is 2. The molecule has 0 amide bonds. The summed E-state index contributed by atoms with van der Waals surface area (Å²) < 4.78 is 0. The van der Waals surface area contributed by atoms with Crippen LogP contribution in [0.1, 0.15) is 52.7 Å². The molecule has 0 fully saturated rings. The number of benzene rings is 9. The molecule has 4 heteroatoms. The van der Waals surface area contributed by atoms with E-state index in [2.05, 4.69) is 245 Å². The van der Waals surface area contributed by atoms with Crippen LogP contribution in [0.15, 0.2) is 194 Å². The largest absolute Gasteiger partial charge is 0.312 e. The van der Waals surface area contributed by atoms with Crippen LogP contribution in [0, 0.1) is 0 Å². The molecule has 4 heterocycles. The summed E-state index contributed by atoms with van der Waals surface area (Å²) in [6, 6.07) is 74.1. The summed E-state index contributed by atoms with van der Waals surface area (Å²) in [6.45, 7) is 13.9. The van der Waals surface area contributed by atoms with Gasteiger partial charge in [0.05, 0.1) is 0 Å². The van der Waals surface area contributed by atoms with Gasteiger partial charge in [-0.25, -0.2) is 0 Å². The van der Waals surface area contributed by atoms with E-state index in [9.17, 15) is 0 Å². The minimum absolute atomic E-state index is 0.105. The zero-order chi connectivity index (χ0) is 44.6. The Hall–Kier alpha value is -7.29. The van der Waals surface area contributed by atoms with Crippen molar-refractivity contribution in [3.8, 4) is 44.5 Å². The van der Waals surface area contributed by atoms with E-state index >= 15 is 0 Å². The first kappa shape index (κ1) is 39.1. The molecule has 0 N–H and O–H groups in total. The first-order chi connectivity index (χ1) is 32.0.